The highest BCUT2D eigenvalue weighted by Crippen LogP contribution is 1.81. The average molecular weight is 146 g/mol. The molecule has 0 bridgehead atoms. The molecule has 0 amide bonds. The maximum atomic E-state index is 8.64. The Hall–Kier alpha value is -0.600. The smallest absolute Gasteiger partial charge is 0.219 e. The third kappa shape index (κ3) is 4.30. The van der Waals surface area contributed by atoms with Crippen LogP contribution in [0.3, 0.4) is 0 Å². The molecule has 4 nitrogen and oxygen atoms in total. The molecule has 0 aromatic carbocycles. The van der Waals surface area contributed by atoms with Crippen molar-refractivity contribution in [1.82, 2.24) is 0 Å². The van der Waals surface area contributed by atoms with E-state index in [0.29, 0.717) is 0 Å². The molecule has 0 aromatic heterocycles. The molecule has 0 aliphatic heterocycles. The van der Waals surface area contributed by atoms with E-state index in [1.807, 2.05) is 0 Å². The van der Waals surface area contributed by atoms with Gasteiger partial charge in [-0.25, -0.2) is 0 Å². The third-order valence-electron chi connectivity index (χ3n) is 0.777. The molecule has 0 rings (SSSR count). The number of ether oxygens (including phenoxy) is 2. The summed E-state index contributed by atoms with van der Waals surface area (Å²) in [5.74, 6) is 4.38. The lowest BCUT2D eigenvalue weighted by Crippen LogP contribution is -2.09. The Morgan fingerprint density at radius 2 is 1.30 bits per heavy atom. The van der Waals surface area contributed by atoms with Crippen LogP contribution in [0.2, 0.25) is 0 Å². The summed E-state index contributed by atoms with van der Waals surface area (Å²) in [5, 5.41) is 17.3. The van der Waals surface area contributed by atoms with Crippen molar-refractivity contribution < 1.29 is 19.7 Å². The van der Waals surface area contributed by atoms with Crippen LogP contribution >= 0.6 is 0 Å². The van der Waals surface area contributed by atoms with Gasteiger partial charge in [0, 0.05) is 14.2 Å². The van der Waals surface area contributed by atoms with Gasteiger partial charge in [-0.2, -0.15) is 0 Å². The molecule has 0 aliphatic rings. The molecular weight excluding hydrogens is 136 g/mol. The number of hydrogen-bond donors (Lipinski definition) is 2. The molecule has 0 aromatic rings. The summed E-state index contributed by atoms with van der Waals surface area (Å²) in [6, 6.07) is 0. The van der Waals surface area contributed by atoms with Gasteiger partial charge in [0.25, 0.3) is 0 Å². The van der Waals surface area contributed by atoms with Gasteiger partial charge in [0.2, 0.25) is 12.6 Å². The monoisotopic (exact) mass is 146 g/mol. The Morgan fingerprint density at radius 1 is 1.00 bits per heavy atom. The molecule has 4 heteroatoms. The van der Waals surface area contributed by atoms with Gasteiger partial charge in [0.05, 0.1) is 0 Å². The van der Waals surface area contributed by atoms with Crippen molar-refractivity contribution in [3.63, 3.8) is 0 Å². The molecule has 0 saturated carbocycles. The van der Waals surface area contributed by atoms with E-state index in [4.69, 9.17) is 10.2 Å². The SMILES string of the molecule is COC(O)C#CC(O)OC. The van der Waals surface area contributed by atoms with E-state index >= 15 is 0 Å². The van der Waals surface area contributed by atoms with Crippen molar-refractivity contribution in [1.29, 1.82) is 0 Å². The van der Waals surface area contributed by atoms with Crippen molar-refractivity contribution in [2.45, 2.75) is 12.6 Å². The molecule has 0 fully saturated rings. The standard InChI is InChI=1S/C6H10O4/c1-9-5(7)3-4-6(8)10-2/h5-8H,1-2H3. The summed E-state index contributed by atoms with van der Waals surface area (Å²) in [6.45, 7) is 0. The van der Waals surface area contributed by atoms with E-state index in [0.717, 1.165) is 0 Å². The van der Waals surface area contributed by atoms with Gasteiger partial charge in [-0.05, 0) is 11.8 Å². The van der Waals surface area contributed by atoms with Crippen molar-refractivity contribution in [3.05, 3.63) is 0 Å². The van der Waals surface area contributed by atoms with Crippen LogP contribution in [-0.2, 0) is 9.47 Å². The second-order valence-electron chi connectivity index (χ2n) is 1.46. The zero-order valence-corrected chi connectivity index (χ0v) is 5.87. The Balaban J connectivity index is 3.66. The summed E-state index contributed by atoms with van der Waals surface area (Å²) in [4.78, 5) is 0. The van der Waals surface area contributed by atoms with Gasteiger partial charge >= 0.3 is 0 Å². The largest absolute Gasteiger partial charge is 0.358 e. The Bertz CT molecular complexity index is 120. The van der Waals surface area contributed by atoms with E-state index in [1.165, 1.54) is 14.2 Å². The highest BCUT2D eigenvalue weighted by molar-refractivity contribution is 5.03. The van der Waals surface area contributed by atoms with Gasteiger partial charge < -0.3 is 19.7 Å². The first-order valence-electron chi connectivity index (χ1n) is 2.63. The molecule has 0 saturated heterocycles. The van der Waals surface area contributed by atoms with Crippen LogP contribution in [0.25, 0.3) is 0 Å². The first-order chi connectivity index (χ1) is 4.70. The van der Waals surface area contributed by atoms with E-state index in [9.17, 15) is 0 Å². The van der Waals surface area contributed by atoms with Crippen LogP contribution in [-0.4, -0.2) is 37.0 Å². The minimum atomic E-state index is -1.16. The fourth-order valence-corrected chi connectivity index (χ4v) is 0.260. The lowest BCUT2D eigenvalue weighted by Gasteiger charge is -1.99. The van der Waals surface area contributed by atoms with Crippen molar-refractivity contribution in [2.75, 3.05) is 14.2 Å². The molecule has 0 aliphatic carbocycles. The first-order valence-corrected chi connectivity index (χ1v) is 2.63. The quantitative estimate of drug-likeness (QED) is 0.384. The van der Waals surface area contributed by atoms with Gasteiger partial charge in [-0.3, -0.25) is 0 Å². The normalized spacial score (nSPS) is 15.2. The van der Waals surface area contributed by atoms with Crippen LogP contribution in [0.1, 0.15) is 0 Å². The van der Waals surface area contributed by atoms with Crippen molar-refractivity contribution in [3.8, 4) is 11.8 Å². The predicted molar refractivity (Wildman–Crippen MR) is 33.8 cm³/mol. The summed E-state index contributed by atoms with van der Waals surface area (Å²) < 4.78 is 8.72. The van der Waals surface area contributed by atoms with Crippen LogP contribution in [0.15, 0.2) is 0 Å². The van der Waals surface area contributed by atoms with E-state index in [2.05, 4.69) is 21.3 Å². The summed E-state index contributed by atoms with van der Waals surface area (Å²) in [7, 11) is 2.61. The molecule has 0 spiro atoms. The number of aliphatic hydroxyl groups excluding tert-OH is 2. The van der Waals surface area contributed by atoms with E-state index < -0.39 is 12.6 Å². The highest BCUT2D eigenvalue weighted by atomic mass is 16.6. The zero-order chi connectivity index (χ0) is 7.98. The highest BCUT2D eigenvalue weighted by Gasteiger charge is 1.94. The lowest BCUT2D eigenvalue weighted by molar-refractivity contribution is -0.0369. The number of methoxy groups -OCH3 is 2. The minimum absolute atomic E-state index is 1.16. The molecular formula is C6H10O4. The number of aliphatic hydroxyl groups is 2. The van der Waals surface area contributed by atoms with Gasteiger partial charge in [-0.15, -0.1) is 0 Å². The molecule has 0 radical (unpaired) electrons. The van der Waals surface area contributed by atoms with Gasteiger partial charge in [-0.1, -0.05) is 0 Å². The summed E-state index contributed by atoms with van der Waals surface area (Å²) in [5.41, 5.74) is 0. The molecule has 10 heavy (non-hydrogen) atoms. The van der Waals surface area contributed by atoms with Crippen molar-refractivity contribution in [2.24, 2.45) is 0 Å². The molecule has 2 N–H and O–H groups in total. The molecule has 0 heterocycles. The Kier molecular flexibility index (Phi) is 4.89. The van der Waals surface area contributed by atoms with Crippen LogP contribution in [0.4, 0.5) is 0 Å². The van der Waals surface area contributed by atoms with E-state index in [-0.39, 0.29) is 0 Å². The topological polar surface area (TPSA) is 58.9 Å². The second kappa shape index (κ2) is 5.21. The predicted octanol–water partition coefficient (Wildman–Crippen LogP) is -1.08. The van der Waals surface area contributed by atoms with Crippen LogP contribution in [0, 0.1) is 11.8 Å². The van der Waals surface area contributed by atoms with Gasteiger partial charge in [0.1, 0.15) is 0 Å². The molecule has 58 valence electrons. The van der Waals surface area contributed by atoms with E-state index in [1.54, 1.807) is 0 Å². The van der Waals surface area contributed by atoms with Crippen molar-refractivity contribution >= 4 is 0 Å². The zero-order valence-electron chi connectivity index (χ0n) is 5.87. The van der Waals surface area contributed by atoms with Crippen LogP contribution < -0.4 is 0 Å². The molecule has 2 atom stereocenters. The molecule has 2 unspecified atom stereocenters. The van der Waals surface area contributed by atoms with Gasteiger partial charge in [0.15, 0.2) is 0 Å². The fraction of sp³-hybridized carbons (Fsp3) is 0.667. The average Bonchev–Trinajstić information content (AvgIpc) is 1.99. The fourth-order valence-electron chi connectivity index (χ4n) is 0.260. The summed E-state index contributed by atoms with van der Waals surface area (Å²) >= 11 is 0. The minimum Gasteiger partial charge on any atom is -0.358 e. The number of rotatable bonds is 2. The number of hydrogen-bond acceptors (Lipinski definition) is 4. The van der Waals surface area contributed by atoms with Crippen LogP contribution in [0.5, 0.6) is 0 Å². The Morgan fingerprint density at radius 3 is 1.50 bits per heavy atom. The second-order valence-corrected chi connectivity index (χ2v) is 1.46. The maximum absolute atomic E-state index is 8.64. The first kappa shape index (κ1) is 9.40. The summed E-state index contributed by atoms with van der Waals surface area (Å²) in [6.07, 6.45) is -2.32. The lowest BCUT2D eigenvalue weighted by atomic mass is 10.5. The Labute approximate surface area is 59.4 Å². The maximum Gasteiger partial charge on any atom is 0.219 e. The third-order valence-corrected chi connectivity index (χ3v) is 0.777.